The number of aromatic nitrogens is 3. The maximum atomic E-state index is 6.00. The van der Waals surface area contributed by atoms with Gasteiger partial charge in [0.25, 0.3) is 5.89 Å². The highest BCUT2D eigenvalue weighted by Crippen LogP contribution is 2.26. The van der Waals surface area contributed by atoms with Gasteiger partial charge in [0.15, 0.2) is 5.82 Å². The Labute approximate surface area is 151 Å². The second-order valence-electron chi connectivity index (χ2n) is 5.96. The molecule has 25 heavy (non-hydrogen) atoms. The summed E-state index contributed by atoms with van der Waals surface area (Å²) in [5.41, 5.74) is 1.96. The first kappa shape index (κ1) is 17.4. The van der Waals surface area contributed by atoms with Crippen LogP contribution in [0.15, 0.2) is 47.1 Å². The number of anilines is 1. The average Bonchev–Trinajstić information content (AvgIpc) is 3.03. The van der Waals surface area contributed by atoms with Crippen molar-refractivity contribution < 1.29 is 4.52 Å². The minimum absolute atomic E-state index is 0.163. The van der Waals surface area contributed by atoms with Gasteiger partial charge in [-0.25, -0.2) is 4.98 Å². The van der Waals surface area contributed by atoms with E-state index in [-0.39, 0.29) is 6.04 Å². The van der Waals surface area contributed by atoms with Crippen molar-refractivity contribution >= 4 is 17.4 Å². The van der Waals surface area contributed by atoms with Gasteiger partial charge in [-0.1, -0.05) is 28.9 Å². The molecule has 3 rings (SSSR count). The Morgan fingerprint density at radius 2 is 1.96 bits per heavy atom. The van der Waals surface area contributed by atoms with Crippen molar-refractivity contribution in [2.75, 3.05) is 26.0 Å². The van der Waals surface area contributed by atoms with Gasteiger partial charge in [0.2, 0.25) is 0 Å². The van der Waals surface area contributed by atoms with Gasteiger partial charge in [-0.15, -0.1) is 0 Å². The van der Waals surface area contributed by atoms with Crippen molar-refractivity contribution in [3.8, 4) is 11.5 Å². The molecule has 0 spiro atoms. The Bertz CT molecular complexity index is 831. The minimum Gasteiger partial charge on any atom is -0.367 e. The lowest BCUT2D eigenvalue weighted by molar-refractivity contribution is 0.311. The lowest BCUT2D eigenvalue weighted by Crippen LogP contribution is -2.27. The summed E-state index contributed by atoms with van der Waals surface area (Å²) in [6.45, 7) is 2.46. The van der Waals surface area contributed by atoms with Crippen LogP contribution in [0.2, 0.25) is 5.02 Å². The maximum absolute atomic E-state index is 6.00. The molecule has 0 aliphatic rings. The van der Waals surface area contributed by atoms with Crippen LogP contribution < -0.4 is 5.32 Å². The van der Waals surface area contributed by atoms with Crippen molar-refractivity contribution in [1.82, 2.24) is 20.0 Å². The van der Waals surface area contributed by atoms with E-state index in [1.807, 2.05) is 50.5 Å². The Kier molecular flexibility index (Phi) is 5.31. The van der Waals surface area contributed by atoms with Crippen LogP contribution in [0.4, 0.5) is 5.82 Å². The van der Waals surface area contributed by atoms with Gasteiger partial charge in [-0.05, 0) is 50.8 Å². The number of benzene rings is 1. The van der Waals surface area contributed by atoms with Crippen LogP contribution in [-0.2, 0) is 0 Å². The molecule has 6 nitrogen and oxygen atoms in total. The van der Waals surface area contributed by atoms with Gasteiger partial charge in [-0.2, -0.15) is 4.98 Å². The number of hydrogen-bond donors (Lipinski definition) is 1. The number of nitrogens with zero attached hydrogens (tertiary/aromatic N) is 4. The highest BCUT2D eigenvalue weighted by atomic mass is 35.5. The maximum Gasteiger partial charge on any atom is 0.261 e. The second-order valence-corrected chi connectivity index (χ2v) is 6.39. The Morgan fingerprint density at radius 1 is 1.20 bits per heavy atom. The zero-order valence-corrected chi connectivity index (χ0v) is 15.2. The topological polar surface area (TPSA) is 67.1 Å². The number of nitrogens with one attached hydrogen (secondary N) is 1. The van der Waals surface area contributed by atoms with Crippen LogP contribution in [0, 0.1) is 6.92 Å². The molecule has 3 aromatic rings. The largest absolute Gasteiger partial charge is 0.367 e. The fraction of sp³-hybridized carbons (Fsp3) is 0.278. The third kappa shape index (κ3) is 4.15. The summed E-state index contributed by atoms with van der Waals surface area (Å²) in [6.07, 6.45) is 1.74. The van der Waals surface area contributed by atoms with E-state index in [0.717, 1.165) is 10.6 Å². The Hall–Kier alpha value is -2.44. The normalized spacial score (nSPS) is 12.4. The van der Waals surface area contributed by atoms with Crippen molar-refractivity contribution in [3.63, 3.8) is 0 Å². The minimum atomic E-state index is 0.163. The second kappa shape index (κ2) is 7.63. The first-order valence-electron chi connectivity index (χ1n) is 7.96. The van der Waals surface area contributed by atoms with E-state index >= 15 is 0 Å². The van der Waals surface area contributed by atoms with Crippen LogP contribution in [0.3, 0.4) is 0 Å². The smallest absolute Gasteiger partial charge is 0.261 e. The predicted molar refractivity (Wildman–Crippen MR) is 98.6 cm³/mol. The van der Waals surface area contributed by atoms with E-state index in [4.69, 9.17) is 16.1 Å². The average molecular weight is 358 g/mol. The van der Waals surface area contributed by atoms with E-state index in [1.165, 1.54) is 5.56 Å². The van der Waals surface area contributed by atoms with E-state index in [9.17, 15) is 0 Å². The highest BCUT2D eigenvalue weighted by Gasteiger charge is 2.17. The van der Waals surface area contributed by atoms with E-state index in [2.05, 4.69) is 25.3 Å². The number of pyridine rings is 1. The summed E-state index contributed by atoms with van der Waals surface area (Å²) < 4.78 is 5.28. The molecule has 1 N–H and O–H groups in total. The summed E-state index contributed by atoms with van der Waals surface area (Å²) in [5, 5.41) is 7.98. The molecule has 130 valence electrons. The summed E-state index contributed by atoms with van der Waals surface area (Å²) in [6, 6.07) is 11.8. The fourth-order valence-electron chi connectivity index (χ4n) is 2.60. The molecule has 2 heterocycles. The summed E-state index contributed by atoms with van der Waals surface area (Å²) >= 11 is 6.00. The molecule has 0 saturated heterocycles. The molecule has 1 atom stereocenters. The molecule has 0 saturated carbocycles. The number of hydrogen-bond acceptors (Lipinski definition) is 6. The molecule has 0 fully saturated rings. The van der Waals surface area contributed by atoms with Gasteiger partial charge < -0.3 is 14.7 Å². The third-order valence-electron chi connectivity index (χ3n) is 3.91. The Balaban J connectivity index is 1.81. The van der Waals surface area contributed by atoms with Crippen molar-refractivity contribution in [1.29, 1.82) is 0 Å². The molecule has 0 amide bonds. The van der Waals surface area contributed by atoms with E-state index in [1.54, 1.807) is 13.1 Å². The third-order valence-corrected chi connectivity index (χ3v) is 4.16. The molecule has 0 bridgehead atoms. The lowest BCUT2D eigenvalue weighted by atomic mass is 10.1. The number of halogens is 1. The summed E-state index contributed by atoms with van der Waals surface area (Å²) in [5.74, 6) is 1.77. The van der Waals surface area contributed by atoms with E-state index < -0.39 is 0 Å². The predicted octanol–water partition coefficient (Wildman–Crippen LogP) is 3.81. The molecule has 0 aliphatic carbocycles. The standard InChI is InChI=1S/C18H20ClN5O/c1-12-22-18(25-23-12)15-5-4-10-20-17(15)21-11-16(24(2)3)13-6-8-14(19)9-7-13/h4-10,16H,11H2,1-3H3,(H,20,21). The fourth-order valence-corrected chi connectivity index (χ4v) is 2.73. The molecule has 7 heteroatoms. The first-order valence-corrected chi connectivity index (χ1v) is 8.34. The number of rotatable bonds is 6. The van der Waals surface area contributed by atoms with Gasteiger partial charge in [0.05, 0.1) is 11.6 Å². The van der Waals surface area contributed by atoms with Gasteiger partial charge in [-0.3, -0.25) is 0 Å². The molecular weight excluding hydrogens is 338 g/mol. The zero-order chi connectivity index (χ0) is 17.8. The molecular formula is C18H20ClN5O. The first-order chi connectivity index (χ1) is 12.0. The summed E-state index contributed by atoms with van der Waals surface area (Å²) in [7, 11) is 4.09. The zero-order valence-electron chi connectivity index (χ0n) is 14.4. The van der Waals surface area contributed by atoms with Crippen LogP contribution in [-0.4, -0.2) is 40.7 Å². The molecule has 0 aliphatic heterocycles. The molecule has 0 radical (unpaired) electrons. The quantitative estimate of drug-likeness (QED) is 0.723. The van der Waals surface area contributed by atoms with E-state index in [0.29, 0.717) is 24.1 Å². The Morgan fingerprint density at radius 3 is 2.60 bits per heavy atom. The number of aryl methyl sites for hydroxylation is 1. The van der Waals surface area contributed by atoms with Crippen molar-refractivity contribution in [2.45, 2.75) is 13.0 Å². The van der Waals surface area contributed by atoms with Gasteiger partial charge in [0.1, 0.15) is 5.82 Å². The molecule has 1 aromatic carbocycles. The van der Waals surface area contributed by atoms with Crippen LogP contribution in [0.25, 0.3) is 11.5 Å². The van der Waals surface area contributed by atoms with Crippen molar-refractivity contribution in [3.05, 3.63) is 59.0 Å². The summed E-state index contributed by atoms with van der Waals surface area (Å²) in [4.78, 5) is 10.9. The monoisotopic (exact) mass is 357 g/mol. The molecule has 1 unspecified atom stereocenters. The van der Waals surface area contributed by atoms with Gasteiger partial charge in [0, 0.05) is 17.8 Å². The van der Waals surface area contributed by atoms with Crippen LogP contribution in [0.1, 0.15) is 17.4 Å². The molecule has 2 aromatic heterocycles. The SMILES string of the molecule is Cc1noc(-c2cccnc2NCC(c2ccc(Cl)cc2)N(C)C)n1. The van der Waals surface area contributed by atoms with Crippen LogP contribution >= 0.6 is 11.6 Å². The lowest BCUT2D eigenvalue weighted by Gasteiger charge is -2.25. The number of likely N-dealkylation sites (N-methyl/N-ethyl adjacent to an activating group) is 1. The van der Waals surface area contributed by atoms with Crippen LogP contribution in [0.5, 0.6) is 0 Å². The highest BCUT2D eigenvalue weighted by molar-refractivity contribution is 6.30. The van der Waals surface area contributed by atoms with Crippen molar-refractivity contribution in [2.24, 2.45) is 0 Å². The van der Waals surface area contributed by atoms with Gasteiger partial charge >= 0.3 is 0 Å².